The Balaban J connectivity index is 1.89. The predicted molar refractivity (Wildman–Crippen MR) is 98.0 cm³/mol. The number of aromatic nitrogens is 1. The van der Waals surface area contributed by atoms with Crippen LogP contribution < -0.4 is 10.2 Å². The largest absolute Gasteiger partial charge is 0.357 e. The number of nitrogens with one attached hydrogen (secondary N) is 1. The Hall–Kier alpha value is -1.78. The predicted octanol–water partition coefficient (Wildman–Crippen LogP) is 2.74. The van der Waals surface area contributed by atoms with Crippen LogP contribution in [0.4, 0.5) is 5.82 Å². The summed E-state index contributed by atoms with van der Waals surface area (Å²) in [5, 5.41) is 3.47. The summed E-state index contributed by atoms with van der Waals surface area (Å²) in [7, 11) is 1.86. The molecule has 2 heterocycles. The first-order valence-corrected chi connectivity index (χ1v) is 8.83. The normalized spacial score (nSPS) is 16.5. The van der Waals surface area contributed by atoms with Crippen molar-refractivity contribution in [3.63, 3.8) is 0 Å². The fourth-order valence-electron chi connectivity index (χ4n) is 2.99. The lowest BCUT2D eigenvalue weighted by atomic mass is 10.00. The molecule has 0 saturated carbocycles. The molecule has 23 heavy (non-hydrogen) atoms. The van der Waals surface area contributed by atoms with Crippen LogP contribution in [0.1, 0.15) is 39.2 Å². The molecule has 0 spiro atoms. The van der Waals surface area contributed by atoms with Crippen molar-refractivity contribution in [2.45, 2.75) is 40.2 Å². The number of anilines is 1. The zero-order valence-corrected chi connectivity index (χ0v) is 15.0. The van der Waals surface area contributed by atoms with E-state index in [-0.39, 0.29) is 0 Å². The van der Waals surface area contributed by atoms with Crippen molar-refractivity contribution in [2.75, 3.05) is 38.1 Å². The minimum Gasteiger partial charge on any atom is -0.357 e. The van der Waals surface area contributed by atoms with Gasteiger partial charge >= 0.3 is 0 Å². The highest BCUT2D eigenvalue weighted by Crippen LogP contribution is 2.16. The van der Waals surface area contributed by atoms with E-state index < -0.39 is 0 Å². The van der Waals surface area contributed by atoms with Crippen molar-refractivity contribution in [3.8, 4) is 0 Å². The van der Waals surface area contributed by atoms with Crippen LogP contribution in [0.25, 0.3) is 0 Å². The Morgan fingerprint density at radius 3 is 2.52 bits per heavy atom. The maximum Gasteiger partial charge on any atom is 0.193 e. The summed E-state index contributed by atoms with van der Waals surface area (Å²) in [5.41, 5.74) is 1.19. The first kappa shape index (κ1) is 17.6. The molecule has 0 bridgehead atoms. The van der Waals surface area contributed by atoms with Gasteiger partial charge < -0.3 is 15.1 Å². The van der Waals surface area contributed by atoms with Crippen molar-refractivity contribution >= 4 is 11.8 Å². The molecule has 0 aliphatic carbocycles. The summed E-state index contributed by atoms with van der Waals surface area (Å²) in [6.45, 7) is 11.6. The first-order valence-electron chi connectivity index (χ1n) is 8.83. The summed E-state index contributed by atoms with van der Waals surface area (Å²) in [5.74, 6) is 2.89. The molecule has 2 rings (SSSR count). The zero-order chi connectivity index (χ0) is 16.7. The summed E-state index contributed by atoms with van der Waals surface area (Å²) in [4.78, 5) is 13.6. The molecule has 5 heteroatoms. The molecule has 0 atom stereocenters. The van der Waals surface area contributed by atoms with E-state index in [0.29, 0.717) is 0 Å². The highest BCUT2D eigenvalue weighted by atomic mass is 15.3. The van der Waals surface area contributed by atoms with E-state index in [1.165, 1.54) is 18.4 Å². The lowest BCUT2D eigenvalue weighted by Gasteiger charge is -2.32. The van der Waals surface area contributed by atoms with Gasteiger partial charge in [-0.3, -0.25) is 4.99 Å². The van der Waals surface area contributed by atoms with Gasteiger partial charge in [-0.2, -0.15) is 0 Å². The van der Waals surface area contributed by atoms with Crippen LogP contribution in [0, 0.1) is 5.92 Å². The van der Waals surface area contributed by atoms with Gasteiger partial charge in [0.2, 0.25) is 0 Å². The summed E-state index contributed by atoms with van der Waals surface area (Å²) >= 11 is 0. The topological polar surface area (TPSA) is 43.8 Å². The van der Waals surface area contributed by atoms with Crippen molar-refractivity contribution in [1.82, 2.24) is 15.2 Å². The maximum atomic E-state index is 4.58. The van der Waals surface area contributed by atoms with E-state index >= 15 is 0 Å². The standard InChI is InChI=1S/C18H31N5/c1-5-22(6-2)17-8-7-16(13-20-17)14-21-18(19-4)23-11-9-15(3)10-12-23/h7-8,13,15H,5-6,9-12,14H2,1-4H3,(H,19,21). The molecule has 1 aromatic rings. The molecule has 1 aliphatic heterocycles. The Morgan fingerprint density at radius 1 is 1.30 bits per heavy atom. The van der Waals surface area contributed by atoms with Gasteiger partial charge in [-0.1, -0.05) is 13.0 Å². The zero-order valence-electron chi connectivity index (χ0n) is 15.0. The van der Waals surface area contributed by atoms with Crippen molar-refractivity contribution in [3.05, 3.63) is 23.9 Å². The van der Waals surface area contributed by atoms with Gasteiger partial charge in [-0.05, 0) is 44.2 Å². The van der Waals surface area contributed by atoms with Gasteiger partial charge in [0, 0.05) is 46.0 Å². The number of nitrogens with zero attached hydrogens (tertiary/aromatic N) is 4. The fourth-order valence-corrected chi connectivity index (χ4v) is 2.99. The maximum absolute atomic E-state index is 4.58. The number of hydrogen-bond donors (Lipinski definition) is 1. The van der Waals surface area contributed by atoms with Crippen LogP contribution >= 0.6 is 0 Å². The molecule has 1 fully saturated rings. The van der Waals surface area contributed by atoms with Gasteiger partial charge in [-0.15, -0.1) is 0 Å². The molecule has 128 valence electrons. The van der Waals surface area contributed by atoms with Gasteiger partial charge in [-0.25, -0.2) is 4.98 Å². The second-order valence-electron chi connectivity index (χ2n) is 6.27. The smallest absolute Gasteiger partial charge is 0.193 e. The fraction of sp³-hybridized carbons (Fsp3) is 0.667. The van der Waals surface area contributed by atoms with Gasteiger partial charge in [0.1, 0.15) is 5.82 Å². The summed E-state index contributed by atoms with van der Waals surface area (Å²) in [6, 6.07) is 4.26. The number of likely N-dealkylation sites (tertiary alicyclic amines) is 1. The molecule has 1 saturated heterocycles. The Morgan fingerprint density at radius 2 is 2.00 bits per heavy atom. The number of guanidine groups is 1. The Labute approximate surface area is 140 Å². The number of hydrogen-bond acceptors (Lipinski definition) is 3. The number of rotatable bonds is 5. The molecule has 0 radical (unpaired) electrons. The van der Waals surface area contributed by atoms with Crippen LogP contribution in [0.5, 0.6) is 0 Å². The third kappa shape index (κ3) is 4.85. The highest BCUT2D eigenvalue weighted by Gasteiger charge is 2.18. The lowest BCUT2D eigenvalue weighted by Crippen LogP contribution is -2.45. The minimum atomic E-state index is 0.768. The second-order valence-corrected chi connectivity index (χ2v) is 6.27. The second kappa shape index (κ2) is 8.75. The minimum absolute atomic E-state index is 0.768. The molecule has 1 N–H and O–H groups in total. The molecule has 1 aromatic heterocycles. The average Bonchev–Trinajstić information content (AvgIpc) is 2.59. The van der Waals surface area contributed by atoms with E-state index in [1.54, 1.807) is 0 Å². The highest BCUT2D eigenvalue weighted by molar-refractivity contribution is 5.79. The monoisotopic (exact) mass is 317 g/mol. The number of piperidine rings is 1. The summed E-state index contributed by atoms with van der Waals surface area (Å²) < 4.78 is 0. The van der Waals surface area contributed by atoms with Gasteiger partial charge in [0.15, 0.2) is 5.96 Å². The summed E-state index contributed by atoms with van der Waals surface area (Å²) in [6.07, 6.45) is 4.47. The first-order chi connectivity index (χ1) is 11.2. The van der Waals surface area contributed by atoms with Crippen LogP contribution in [0.15, 0.2) is 23.3 Å². The molecule has 0 unspecified atom stereocenters. The van der Waals surface area contributed by atoms with Crippen LogP contribution in [-0.2, 0) is 6.54 Å². The van der Waals surface area contributed by atoms with Crippen molar-refractivity contribution in [2.24, 2.45) is 10.9 Å². The molecule has 0 aromatic carbocycles. The van der Waals surface area contributed by atoms with E-state index in [1.807, 2.05) is 13.2 Å². The van der Waals surface area contributed by atoms with E-state index in [0.717, 1.165) is 50.4 Å². The van der Waals surface area contributed by atoms with Crippen molar-refractivity contribution < 1.29 is 0 Å². The average molecular weight is 317 g/mol. The van der Waals surface area contributed by atoms with Crippen LogP contribution in [-0.4, -0.2) is 49.1 Å². The van der Waals surface area contributed by atoms with E-state index in [2.05, 4.69) is 58.0 Å². The van der Waals surface area contributed by atoms with E-state index in [9.17, 15) is 0 Å². The quantitative estimate of drug-likeness (QED) is 0.670. The molecule has 0 amide bonds. The van der Waals surface area contributed by atoms with Crippen LogP contribution in [0.3, 0.4) is 0 Å². The van der Waals surface area contributed by atoms with Gasteiger partial charge in [0.25, 0.3) is 0 Å². The molecular weight excluding hydrogens is 286 g/mol. The van der Waals surface area contributed by atoms with Gasteiger partial charge in [0.05, 0.1) is 0 Å². The van der Waals surface area contributed by atoms with Crippen LogP contribution in [0.2, 0.25) is 0 Å². The van der Waals surface area contributed by atoms with E-state index in [4.69, 9.17) is 0 Å². The SMILES string of the molecule is CCN(CC)c1ccc(CNC(=NC)N2CCC(C)CC2)cn1. The molecular formula is C18H31N5. The number of aliphatic imine (C=N–C) groups is 1. The third-order valence-electron chi connectivity index (χ3n) is 4.64. The lowest BCUT2D eigenvalue weighted by molar-refractivity contribution is 0.273. The Kier molecular flexibility index (Phi) is 6.68. The number of pyridine rings is 1. The van der Waals surface area contributed by atoms with Crippen molar-refractivity contribution in [1.29, 1.82) is 0 Å². The third-order valence-corrected chi connectivity index (χ3v) is 4.64. The molecule has 5 nitrogen and oxygen atoms in total. The molecule has 1 aliphatic rings. The Bertz CT molecular complexity index is 485.